The zero-order valence-corrected chi connectivity index (χ0v) is 8.64. The molecule has 1 aromatic rings. The zero-order chi connectivity index (χ0) is 10.4. The molecule has 0 spiro atoms. The molecule has 0 bridgehead atoms. The summed E-state index contributed by atoms with van der Waals surface area (Å²) in [6.07, 6.45) is 0.955. The fourth-order valence-corrected chi connectivity index (χ4v) is 1.23. The Morgan fingerprint density at radius 1 is 1.43 bits per heavy atom. The monoisotopic (exact) mass is 197 g/mol. The van der Waals surface area contributed by atoms with Crippen LogP contribution >= 0.6 is 0 Å². The Kier molecular flexibility index (Phi) is 4.40. The van der Waals surface area contributed by atoms with Crippen LogP contribution in [0, 0.1) is 5.82 Å². The fraction of sp³-hybridized carbons (Fsp3) is 0.455. The average molecular weight is 197 g/mol. The minimum atomic E-state index is -0.223. The van der Waals surface area contributed by atoms with Gasteiger partial charge < -0.3 is 10.1 Å². The van der Waals surface area contributed by atoms with Crippen molar-refractivity contribution < 1.29 is 9.13 Å². The van der Waals surface area contributed by atoms with Gasteiger partial charge in [-0.2, -0.15) is 0 Å². The Morgan fingerprint density at radius 3 is 2.86 bits per heavy atom. The van der Waals surface area contributed by atoms with Crippen LogP contribution in [0.3, 0.4) is 0 Å². The van der Waals surface area contributed by atoms with Gasteiger partial charge in [0.25, 0.3) is 0 Å². The molecule has 0 aliphatic heterocycles. The van der Waals surface area contributed by atoms with E-state index in [1.807, 2.05) is 14.0 Å². The molecule has 0 amide bonds. The van der Waals surface area contributed by atoms with E-state index < -0.39 is 0 Å². The van der Waals surface area contributed by atoms with Crippen molar-refractivity contribution in [3.05, 3.63) is 29.6 Å². The number of hydrogen-bond acceptors (Lipinski definition) is 2. The first-order chi connectivity index (χ1) is 6.77. The molecule has 14 heavy (non-hydrogen) atoms. The third-order valence-electron chi connectivity index (χ3n) is 1.85. The van der Waals surface area contributed by atoms with Crippen molar-refractivity contribution in [1.29, 1.82) is 0 Å². The molecule has 1 N–H and O–H groups in total. The van der Waals surface area contributed by atoms with Crippen LogP contribution in [0.5, 0.6) is 5.75 Å². The van der Waals surface area contributed by atoms with E-state index in [1.54, 1.807) is 6.07 Å². The van der Waals surface area contributed by atoms with Gasteiger partial charge in [-0.3, -0.25) is 0 Å². The normalized spacial score (nSPS) is 10.2. The Labute approximate surface area is 84.1 Å². The molecule has 0 saturated heterocycles. The lowest BCUT2D eigenvalue weighted by molar-refractivity contribution is 0.313. The van der Waals surface area contributed by atoms with E-state index in [1.165, 1.54) is 12.1 Å². The minimum Gasteiger partial charge on any atom is -0.493 e. The van der Waals surface area contributed by atoms with Crippen molar-refractivity contribution in [3.63, 3.8) is 0 Å². The van der Waals surface area contributed by atoms with Gasteiger partial charge in [0, 0.05) is 12.1 Å². The number of nitrogens with one attached hydrogen (secondary N) is 1. The molecule has 0 aromatic heterocycles. The molecular formula is C11H16FNO. The second-order valence-corrected chi connectivity index (χ2v) is 3.13. The summed E-state index contributed by atoms with van der Waals surface area (Å²) >= 11 is 0. The highest BCUT2D eigenvalue weighted by Crippen LogP contribution is 2.19. The zero-order valence-electron chi connectivity index (χ0n) is 8.64. The lowest BCUT2D eigenvalue weighted by atomic mass is 10.2. The van der Waals surface area contributed by atoms with E-state index in [-0.39, 0.29) is 5.82 Å². The topological polar surface area (TPSA) is 21.3 Å². The third-order valence-corrected chi connectivity index (χ3v) is 1.85. The first kappa shape index (κ1) is 11.0. The van der Waals surface area contributed by atoms with Gasteiger partial charge in [0.15, 0.2) is 0 Å². The molecule has 0 unspecified atom stereocenters. The molecule has 3 heteroatoms. The van der Waals surface area contributed by atoms with Crippen LogP contribution in [-0.2, 0) is 6.54 Å². The quantitative estimate of drug-likeness (QED) is 0.782. The molecule has 0 aliphatic carbocycles. The van der Waals surface area contributed by atoms with Crippen molar-refractivity contribution in [2.45, 2.75) is 19.9 Å². The van der Waals surface area contributed by atoms with Gasteiger partial charge in [0.1, 0.15) is 11.6 Å². The van der Waals surface area contributed by atoms with Crippen LogP contribution in [0.15, 0.2) is 18.2 Å². The van der Waals surface area contributed by atoms with Gasteiger partial charge in [-0.25, -0.2) is 4.39 Å². The maximum atomic E-state index is 12.9. The molecule has 2 nitrogen and oxygen atoms in total. The summed E-state index contributed by atoms with van der Waals surface area (Å²) in [7, 11) is 1.83. The lowest BCUT2D eigenvalue weighted by Crippen LogP contribution is -2.08. The molecule has 0 radical (unpaired) electrons. The van der Waals surface area contributed by atoms with Gasteiger partial charge in [-0.05, 0) is 31.7 Å². The molecule has 0 saturated carbocycles. The fourth-order valence-electron chi connectivity index (χ4n) is 1.23. The van der Waals surface area contributed by atoms with Gasteiger partial charge >= 0.3 is 0 Å². The Morgan fingerprint density at radius 2 is 2.21 bits per heavy atom. The second-order valence-electron chi connectivity index (χ2n) is 3.13. The number of benzene rings is 1. The molecular weight excluding hydrogens is 181 g/mol. The predicted octanol–water partition coefficient (Wildman–Crippen LogP) is 2.33. The van der Waals surface area contributed by atoms with E-state index in [2.05, 4.69) is 5.32 Å². The molecule has 0 heterocycles. The highest BCUT2D eigenvalue weighted by Gasteiger charge is 2.03. The van der Waals surface area contributed by atoms with E-state index in [9.17, 15) is 4.39 Å². The van der Waals surface area contributed by atoms with E-state index in [0.29, 0.717) is 13.2 Å². The van der Waals surface area contributed by atoms with E-state index in [4.69, 9.17) is 4.74 Å². The number of rotatable bonds is 5. The minimum absolute atomic E-state index is 0.223. The SMILES string of the molecule is CCCOc1ccc(F)cc1CNC. The van der Waals surface area contributed by atoms with Gasteiger partial charge in [-0.15, -0.1) is 0 Å². The summed E-state index contributed by atoms with van der Waals surface area (Å²) in [4.78, 5) is 0. The van der Waals surface area contributed by atoms with Gasteiger partial charge in [0.05, 0.1) is 6.61 Å². The summed E-state index contributed by atoms with van der Waals surface area (Å²) in [5, 5.41) is 2.98. The van der Waals surface area contributed by atoms with Crippen molar-refractivity contribution >= 4 is 0 Å². The van der Waals surface area contributed by atoms with Crippen molar-refractivity contribution in [3.8, 4) is 5.75 Å². The van der Waals surface area contributed by atoms with Crippen LogP contribution in [-0.4, -0.2) is 13.7 Å². The average Bonchev–Trinajstić information content (AvgIpc) is 2.17. The lowest BCUT2D eigenvalue weighted by Gasteiger charge is -2.10. The maximum absolute atomic E-state index is 12.9. The van der Waals surface area contributed by atoms with Crippen LogP contribution in [0.4, 0.5) is 4.39 Å². The van der Waals surface area contributed by atoms with Crippen molar-refractivity contribution in [1.82, 2.24) is 5.32 Å². The van der Waals surface area contributed by atoms with Crippen LogP contribution in [0.2, 0.25) is 0 Å². The first-order valence-electron chi connectivity index (χ1n) is 4.83. The Hall–Kier alpha value is -1.09. The molecule has 0 fully saturated rings. The van der Waals surface area contributed by atoms with E-state index >= 15 is 0 Å². The Balaban J connectivity index is 2.78. The summed E-state index contributed by atoms with van der Waals surface area (Å²) in [6.45, 7) is 3.33. The van der Waals surface area contributed by atoms with Crippen LogP contribution in [0.25, 0.3) is 0 Å². The van der Waals surface area contributed by atoms with Crippen LogP contribution < -0.4 is 10.1 Å². The van der Waals surface area contributed by atoms with Gasteiger partial charge in [-0.1, -0.05) is 6.92 Å². The molecule has 0 aliphatic rings. The smallest absolute Gasteiger partial charge is 0.123 e. The summed E-state index contributed by atoms with van der Waals surface area (Å²) in [5.41, 5.74) is 0.862. The van der Waals surface area contributed by atoms with Crippen LogP contribution in [0.1, 0.15) is 18.9 Å². The standard InChI is InChI=1S/C11H16FNO/c1-3-6-14-11-5-4-10(12)7-9(11)8-13-2/h4-5,7,13H,3,6,8H2,1-2H3. The Bertz CT molecular complexity index is 289. The van der Waals surface area contributed by atoms with Crippen molar-refractivity contribution in [2.75, 3.05) is 13.7 Å². The second kappa shape index (κ2) is 5.60. The predicted molar refractivity (Wildman–Crippen MR) is 54.9 cm³/mol. The largest absolute Gasteiger partial charge is 0.493 e. The van der Waals surface area contributed by atoms with Gasteiger partial charge in [0.2, 0.25) is 0 Å². The van der Waals surface area contributed by atoms with E-state index in [0.717, 1.165) is 17.7 Å². The van der Waals surface area contributed by atoms with Crippen molar-refractivity contribution in [2.24, 2.45) is 0 Å². The number of hydrogen-bond donors (Lipinski definition) is 1. The molecule has 1 rings (SSSR count). The summed E-state index contributed by atoms with van der Waals surface area (Å²) in [6, 6.07) is 4.60. The molecule has 1 aromatic carbocycles. The summed E-state index contributed by atoms with van der Waals surface area (Å²) < 4.78 is 18.4. The number of ether oxygens (including phenoxy) is 1. The molecule has 0 atom stereocenters. The summed E-state index contributed by atoms with van der Waals surface area (Å²) in [5.74, 6) is 0.543. The third kappa shape index (κ3) is 3.00. The maximum Gasteiger partial charge on any atom is 0.123 e. The highest BCUT2D eigenvalue weighted by atomic mass is 19.1. The highest BCUT2D eigenvalue weighted by molar-refractivity contribution is 5.33. The number of halogens is 1. The molecule has 78 valence electrons. The first-order valence-corrected chi connectivity index (χ1v) is 4.83.